The first-order chi connectivity index (χ1) is 16.6. The number of piperidine rings is 1. The zero-order valence-corrected chi connectivity index (χ0v) is 19.3. The van der Waals surface area contributed by atoms with Crippen LogP contribution < -0.4 is 10.6 Å². The maximum absolute atomic E-state index is 14.3. The average Bonchev–Trinajstić information content (AvgIpc) is 3.43. The molecular formula is C22H25F2N9O2. The number of nitrogen functional groups attached to an aromatic ring is 1. The second-order valence-electron chi connectivity index (χ2n) is 9.42. The van der Waals surface area contributed by atoms with Gasteiger partial charge in [0.05, 0.1) is 23.8 Å². The number of halogens is 2. The highest BCUT2D eigenvalue weighted by Crippen LogP contribution is 2.33. The van der Waals surface area contributed by atoms with E-state index in [0.29, 0.717) is 12.4 Å². The van der Waals surface area contributed by atoms with Gasteiger partial charge in [-0.3, -0.25) is 4.68 Å². The number of nitrogens with two attached hydrogens (primary N) is 1. The first-order valence-electron chi connectivity index (χ1n) is 11.3. The number of fused-ring (bicyclic) bond motifs is 3. The molecule has 1 fully saturated rings. The Labute approximate surface area is 198 Å². The van der Waals surface area contributed by atoms with E-state index in [1.165, 1.54) is 17.5 Å². The van der Waals surface area contributed by atoms with E-state index in [4.69, 9.17) is 5.73 Å². The van der Waals surface area contributed by atoms with Crippen LogP contribution >= 0.6 is 0 Å². The van der Waals surface area contributed by atoms with Gasteiger partial charge in [0.15, 0.2) is 17.3 Å². The minimum Gasteiger partial charge on any atom is -0.386 e. The molecule has 0 bridgehead atoms. The summed E-state index contributed by atoms with van der Waals surface area (Å²) in [7, 11) is 0. The summed E-state index contributed by atoms with van der Waals surface area (Å²) in [4.78, 5) is 21.4. The Kier molecular flexibility index (Phi) is 5.58. The fraction of sp³-hybridized carbons (Fsp3) is 0.455. The smallest absolute Gasteiger partial charge is 0.223 e. The van der Waals surface area contributed by atoms with Gasteiger partial charge in [-0.25, -0.2) is 18.7 Å². The lowest BCUT2D eigenvalue weighted by Crippen LogP contribution is -2.41. The van der Waals surface area contributed by atoms with Crippen LogP contribution in [0.15, 0.2) is 29.7 Å². The average molecular weight is 485 g/mol. The molecule has 0 aliphatic carbocycles. The van der Waals surface area contributed by atoms with Gasteiger partial charge in [-0.05, 0) is 32.8 Å². The Morgan fingerprint density at radius 1 is 1.29 bits per heavy atom. The molecule has 13 heteroatoms. The summed E-state index contributed by atoms with van der Waals surface area (Å²) in [6.07, 6.45) is 5.20. The van der Waals surface area contributed by atoms with Gasteiger partial charge < -0.3 is 15.7 Å². The number of hydrogen-bond acceptors (Lipinski definition) is 9. The van der Waals surface area contributed by atoms with E-state index in [0.717, 1.165) is 24.6 Å². The second-order valence-corrected chi connectivity index (χ2v) is 9.42. The Morgan fingerprint density at radius 3 is 2.86 bits per heavy atom. The lowest BCUT2D eigenvalue weighted by molar-refractivity contribution is 0.0474. The van der Waals surface area contributed by atoms with Crippen molar-refractivity contribution in [2.24, 2.45) is 5.18 Å². The Balaban J connectivity index is 1.45. The third kappa shape index (κ3) is 4.27. The molecule has 1 aromatic carbocycles. The van der Waals surface area contributed by atoms with Gasteiger partial charge in [-0.1, -0.05) is 5.18 Å². The van der Waals surface area contributed by atoms with Gasteiger partial charge in [0.1, 0.15) is 23.5 Å². The number of aliphatic hydroxyl groups is 1. The molecule has 0 radical (unpaired) electrons. The number of hydrogen-bond donors (Lipinski definition) is 2. The molecule has 3 atom stereocenters. The summed E-state index contributed by atoms with van der Waals surface area (Å²) >= 11 is 0. The monoisotopic (exact) mass is 485 g/mol. The van der Waals surface area contributed by atoms with E-state index >= 15 is 0 Å². The van der Waals surface area contributed by atoms with E-state index in [9.17, 15) is 18.8 Å². The minimum absolute atomic E-state index is 0.0315. The maximum atomic E-state index is 14.3. The van der Waals surface area contributed by atoms with Crippen LogP contribution in [-0.4, -0.2) is 59.2 Å². The molecule has 184 valence electrons. The molecule has 1 saturated heterocycles. The van der Waals surface area contributed by atoms with Gasteiger partial charge in [-0.2, -0.15) is 14.5 Å². The van der Waals surface area contributed by atoms with Crippen molar-refractivity contribution in [3.63, 3.8) is 0 Å². The van der Waals surface area contributed by atoms with Crippen molar-refractivity contribution in [2.45, 2.75) is 50.8 Å². The Morgan fingerprint density at radius 2 is 2.09 bits per heavy atom. The van der Waals surface area contributed by atoms with Gasteiger partial charge in [0, 0.05) is 30.8 Å². The van der Waals surface area contributed by atoms with Crippen LogP contribution in [-0.2, 0) is 6.54 Å². The van der Waals surface area contributed by atoms with Crippen molar-refractivity contribution in [3.05, 3.63) is 46.9 Å². The van der Waals surface area contributed by atoms with E-state index in [1.807, 2.05) is 6.20 Å². The molecule has 3 aromatic heterocycles. The predicted octanol–water partition coefficient (Wildman–Crippen LogP) is 2.62. The van der Waals surface area contributed by atoms with E-state index < -0.39 is 17.2 Å². The lowest BCUT2D eigenvalue weighted by atomic mass is 9.92. The normalized spacial score (nSPS) is 20.4. The third-order valence-electron chi connectivity index (χ3n) is 6.44. The highest BCUT2D eigenvalue weighted by molar-refractivity contribution is 5.92. The predicted molar refractivity (Wildman–Crippen MR) is 125 cm³/mol. The summed E-state index contributed by atoms with van der Waals surface area (Å²) in [5.41, 5.74) is 5.77. The third-order valence-corrected chi connectivity index (χ3v) is 6.44. The molecular weight excluding hydrogens is 460 g/mol. The summed E-state index contributed by atoms with van der Waals surface area (Å²) in [6.45, 7) is 4.13. The van der Waals surface area contributed by atoms with Crippen LogP contribution in [0.25, 0.3) is 16.6 Å². The summed E-state index contributed by atoms with van der Waals surface area (Å²) < 4.78 is 31.1. The van der Waals surface area contributed by atoms with Crippen molar-refractivity contribution in [3.8, 4) is 0 Å². The Hall–Kier alpha value is -3.74. The summed E-state index contributed by atoms with van der Waals surface area (Å²) in [5, 5.41) is 22.1. The largest absolute Gasteiger partial charge is 0.386 e. The molecule has 3 unspecified atom stereocenters. The molecule has 35 heavy (non-hydrogen) atoms. The fourth-order valence-corrected chi connectivity index (χ4v) is 4.65. The van der Waals surface area contributed by atoms with E-state index in [2.05, 4.69) is 37.2 Å². The van der Waals surface area contributed by atoms with Crippen LogP contribution in [0.5, 0.6) is 0 Å². The number of rotatable bonds is 6. The summed E-state index contributed by atoms with van der Waals surface area (Å²) in [6, 6.07) is 2.16. The molecule has 4 aromatic rings. The van der Waals surface area contributed by atoms with Crippen molar-refractivity contribution in [1.29, 1.82) is 0 Å². The van der Waals surface area contributed by atoms with Gasteiger partial charge in [0.25, 0.3) is 0 Å². The summed E-state index contributed by atoms with van der Waals surface area (Å²) in [5.74, 6) is -1.12. The van der Waals surface area contributed by atoms with Crippen LogP contribution in [0.3, 0.4) is 0 Å². The molecule has 11 nitrogen and oxygen atoms in total. The molecule has 1 aliphatic heterocycles. The highest BCUT2D eigenvalue weighted by atomic mass is 19.1. The van der Waals surface area contributed by atoms with Crippen LogP contribution in [0.2, 0.25) is 0 Å². The van der Waals surface area contributed by atoms with Gasteiger partial charge >= 0.3 is 0 Å². The maximum Gasteiger partial charge on any atom is 0.223 e. The number of aromatic nitrogens is 6. The number of benzene rings is 1. The molecule has 3 N–H and O–H groups in total. The lowest BCUT2D eigenvalue weighted by Gasteiger charge is -2.37. The highest BCUT2D eigenvalue weighted by Gasteiger charge is 2.31. The molecule has 0 spiro atoms. The quantitative estimate of drug-likeness (QED) is 0.397. The van der Waals surface area contributed by atoms with Crippen molar-refractivity contribution >= 4 is 28.2 Å². The first-order valence-corrected chi connectivity index (χ1v) is 11.3. The number of nitrogens with zero attached hydrogens (tertiary/aromatic N) is 8. The standard InChI is InChI=1S/C22H25F2N9O2/c1-12-3-4-13(8-32(12)15-7-26-31(9-15)11-22(2,34)10-27-35)19-29-20-16-5-14(23)6-17(24)18(16)28-21(25)33(20)30-19/h5-7,9,12-13,34H,3-4,8,10-11H2,1-2H3,(H2,25,28). The van der Waals surface area contributed by atoms with Crippen molar-refractivity contribution < 1.29 is 13.9 Å². The van der Waals surface area contributed by atoms with E-state index in [1.54, 1.807) is 10.9 Å². The number of anilines is 2. The molecule has 0 amide bonds. The van der Waals surface area contributed by atoms with Crippen molar-refractivity contribution in [1.82, 2.24) is 29.4 Å². The SMILES string of the molecule is CC1CCC(c2nc3c4cc(F)cc(F)c4nc(N)n3n2)CN1c1cnn(CC(C)(O)CN=O)c1. The topological polar surface area (TPSA) is 140 Å². The van der Waals surface area contributed by atoms with Crippen LogP contribution in [0.4, 0.5) is 20.4 Å². The van der Waals surface area contributed by atoms with Crippen molar-refractivity contribution in [2.75, 3.05) is 23.7 Å². The van der Waals surface area contributed by atoms with E-state index in [-0.39, 0.29) is 47.5 Å². The van der Waals surface area contributed by atoms with Crippen LogP contribution in [0.1, 0.15) is 38.4 Å². The van der Waals surface area contributed by atoms with Gasteiger partial charge in [-0.15, -0.1) is 5.10 Å². The van der Waals surface area contributed by atoms with Crippen LogP contribution in [0, 0.1) is 16.5 Å². The second kappa shape index (κ2) is 8.48. The number of nitroso groups, excluding NO2 is 1. The zero-order chi connectivity index (χ0) is 24.9. The molecule has 1 aliphatic rings. The Bertz CT molecular complexity index is 1420. The molecule has 4 heterocycles. The molecule has 5 rings (SSSR count). The molecule has 0 saturated carbocycles. The van der Waals surface area contributed by atoms with Gasteiger partial charge in [0.2, 0.25) is 5.95 Å². The fourth-order valence-electron chi connectivity index (χ4n) is 4.65. The minimum atomic E-state index is -1.29. The zero-order valence-electron chi connectivity index (χ0n) is 19.3. The first kappa shape index (κ1) is 23.0.